The molecule has 0 saturated heterocycles. The fraction of sp³-hybridized carbons (Fsp3) is 0.154. The molecule has 7 heteroatoms. The molecule has 6 nitrogen and oxygen atoms in total. The van der Waals surface area contributed by atoms with Crippen LogP contribution in [0.3, 0.4) is 0 Å². The summed E-state index contributed by atoms with van der Waals surface area (Å²) >= 11 is 6.00. The third-order valence-corrected chi connectivity index (χ3v) is 5.87. The Morgan fingerprint density at radius 3 is 2.12 bits per heavy atom. The molecule has 168 valence electrons. The van der Waals surface area contributed by atoms with Gasteiger partial charge in [0.1, 0.15) is 5.70 Å². The van der Waals surface area contributed by atoms with E-state index in [9.17, 15) is 9.59 Å². The van der Waals surface area contributed by atoms with Gasteiger partial charge in [-0.3, -0.25) is 9.59 Å². The molecule has 2 amide bonds. The number of nitrogens with one attached hydrogen (secondary N) is 1. The molecule has 1 aliphatic rings. The van der Waals surface area contributed by atoms with E-state index >= 15 is 0 Å². The fourth-order valence-electron chi connectivity index (χ4n) is 3.69. The summed E-state index contributed by atoms with van der Waals surface area (Å²) in [5.74, 6) is 0.198. The third kappa shape index (κ3) is 4.17. The number of imide groups is 1. The molecule has 0 bridgehead atoms. The maximum absolute atomic E-state index is 13.6. The molecule has 0 fully saturated rings. The molecule has 0 aliphatic carbocycles. The Morgan fingerprint density at radius 1 is 0.788 bits per heavy atom. The number of nitrogens with zero attached hydrogens (tertiary/aromatic N) is 1. The SMILES string of the molecule is COc1ccc(NC2=C(c3ccc(C)c(C)c3)C(=O)N(c3ccc(Cl)cc3)C2=O)cc1OC. The maximum Gasteiger partial charge on any atom is 0.282 e. The highest BCUT2D eigenvalue weighted by molar-refractivity contribution is 6.46. The number of anilines is 2. The average Bonchev–Trinajstić information content (AvgIpc) is 3.05. The summed E-state index contributed by atoms with van der Waals surface area (Å²) in [4.78, 5) is 28.2. The number of halogens is 1. The summed E-state index contributed by atoms with van der Waals surface area (Å²) in [6.45, 7) is 3.97. The third-order valence-electron chi connectivity index (χ3n) is 5.62. The minimum absolute atomic E-state index is 0.186. The first kappa shape index (κ1) is 22.4. The Hall–Kier alpha value is -3.77. The molecule has 4 rings (SSSR count). The van der Waals surface area contributed by atoms with E-state index in [4.69, 9.17) is 21.1 Å². The molecule has 1 heterocycles. The molecule has 0 atom stereocenters. The summed E-state index contributed by atoms with van der Waals surface area (Å²) < 4.78 is 10.7. The standard InChI is InChI=1S/C26H23ClN2O4/c1-15-5-6-17(13-16(15)2)23-24(28-19-9-12-21(32-3)22(14-19)33-4)26(31)29(25(23)30)20-10-7-18(27)8-11-20/h5-14,28H,1-4H3. The molecular formula is C26H23ClN2O4. The van der Waals surface area contributed by atoms with E-state index in [2.05, 4.69) is 5.32 Å². The highest BCUT2D eigenvalue weighted by Gasteiger charge is 2.40. The van der Waals surface area contributed by atoms with Gasteiger partial charge in [-0.2, -0.15) is 0 Å². The van der Waals surface area contributed by atoms with Crippen molar-refractivity contribution in [3.05, 3.63) is 88.1 Å². The lowest BCUT2D eigenvalue weighted by atomic mass is 9.99. The van der Waals surface area contributed by atoms with Gasteiger partial charge in [-0.05, 0) is 66.9 Å². The first-order chi connectivity index (χ1) is 15.8. The van der Waals surface area contributed by atoms with Crippen molar-refractivity contribution in [2.24, 2.45) is 0 Å². The van der Waals surface area contributed by atoms with Crippen LogP contribution in [0.25, 0.3) is 5.57 Å². The van der Waals surface area contributed by atoms with Crippen LogP contribution < -0.4 is 19.7 Å². The number of amides is 2. The van der Waals surface area contributed by atoms with Gasteiger partial charge in [-0.15, -0.1) is 0 Å². The molecule has 0 spiro atoms. The highest BCUT2D eigenvalue weighted by Crippen LogP contribution is 2.36. The van der Waals surface area contributed by atoms with E-state index in [1.165, 1.54) is 7.11 Å². The summed E-state index contributed by atoms with van der Waals surface area (Å²) in [7, 11) is 3.09. The van der Waals surface area contributed by atoms with Crippen molar-refractivity contribution >= 4 is 40.4 Å². The zero-order valence-electron chi connectivity index (χ0n) is 18.7. The predicted molar refractivity (Wildman–Crippen MR) is 130 cm³/mol. The van der Waals surface area contributed by atoms with Gasteiger partial charge in [0, 0.05) is 16.8 Å². The van der Waals surface area contributed by atoms with E-state index in [0.29, 0.717) is 39.0 Å². The van der Waals surface area contributed by atoms with Gasteiger partial charge in [0.05, 0.1) is 25.5 Å². The van der Waals surface area contributed by atoms with Gasteiger partial charge in [0.2, 0.25) is 0 Å². The van der Waals surface area contributed by atoms with Crippen LogP contribution in [0.5, 0.6) is 11.5 Å². The van der Waals surface area contributed by atoms with Crippen molar-refractivity contribution in [3.63, 3.8) is 0 Å². The van der Waals surface area contributed by atoms with E-state index in [-0.39, 0.29) is 5.70 Å². The van der Waals surface area contributed by atoms with Crippen LogP contribution in [0.2, 0.25) is 5.02 Å². The van der Waals surface area contributed by atoms with E-state index in [1.807, 2.05) is 32.0 Å². The van der Waals surface area contributed by atoms with E-state index in [0.717, 1.165) is 16.0 Å². The molecule has 3 aromatic carbocycles. The number of hydrogen-bond donors (Lipinski definition) is 1. The summed E-state index contributed by atoms with van der Waals surface area (Å²) in [5, 5.41) is 3.66. The number of carbonyl (C=O) groups excluding carboxylic acids is 2. The van der Waals surface area contributed by atoms with Gasteiger partial charge in [0.25, 0.3) is 11.8 Å². The lowest BCUT2D eigenvalue weighted by Gasteiger charge is -2.16. The summed E-state index contributed by atoms with van der Waals surface area (Å²) in [5.41, 5.74) is 4.30. The van der Waals surface area contributed by atoms with Gasteiger partial charge >= 0.3 is 0 Å². The maximum atomic E-state index is 13.6. The van der Waals surface area contributed by atoms with Crippen LogP contribution in [-0.2, 0) is 9.59 Å². The molecule has 0 unspecified atom stereocenters. The molecular weight excluding hydrogens is 440 g/mol. The lowest BCUT2D eigenvalue weighted by Crippen LogP contribution is -2.32. The molecule has 1 N–H and O–H groups in total. The van der Waals surface area contributed by atoms with Gasteiger partial charge < -0.3 is 14.8 Å². The van der Waals surface area contributed by atoms with E-state index < -0.39 is 11.8 Å². The Balaban J connectivity index is 1.83. The number of hydrogen-bond acceptors (Lipinski definition) is 5. The van der Waals surface area contributed by atoms with Crippen molar-refractivity contribution < 1.29 is 19.1 Å². The molecule has 0 saturated carbocycles. The molecule has 3 aromatic rings. The fourth-order valence-corrected chi connectivity index (χ4v) is 3.82. The second kappa shape index (κ2) is 9.00. The van der Waals surface area contributed by atoms with E-state index in [1.54, 1.807) is 49.6 Å². The molecule has 0 aromatic heterocycles. The van der Waals surface area contributed by atoms with Crippen LogP contribution in [0, 0.1) is 13.8 Å². The minimum atomic E-state index is -0.453. The van der Waals surface area contributed by atoms with Gasteiger partial charge in [0.15, 0.2) is 11.5 Å². The predicted octanol–water partition coefficient (Wildman–Crippen LogP) is 5.37. The number of benzene rings is 3. The van der Waals surface area contributed by atoms with Crippen LogP contribution in [0.1, 0.15) is 16.7 Å². The average molecular weight is 463 g/mol. The number of ether oxygens (including phenoxy) is 2. The number of methoxy groups -OCH3 is 2. The number of aryl methyl sites for hydroxylation is 2. The first-order valence-corrected chi connectivity index (χ1v) is 10.7. The highest BCUT2D eigenvalue weighted by atomic mass is 35.5. The smallest absolute Gasteiger partial charge is 0.282 e. The van der Waals surface area contributed by atoms with Crippen molar-refractivity contribution in [2.75, 3.05) is 24.4 Å². The monoisotopic (exact) mass is 462 g/mol. The molecule has 1 aliphatic heterocycles. The summed E-state index contributed by atoms with van der Waals surface area (Å²) in [6.07, 6.45) is 0. The minimum Gasteiger partial charge on any atom is -0.493 e. The van der Waals surface area contributed by atoms with Gasteiger partial charge in [-0.25, -0.2) is 4.90 Å². The van der Waals surface area contributed by atoms with Crippen LogP contribution in [0.4, 0.5) is 11.4 Å². The number of carbonyl (C=O) groups is 2. The van der Waals surface area contributed by atoms with Crippen LogP contribution >= 0.6 is 11.6 Å². The van der Waals surface area contributed by atoms with Crippen LogP contribution in [-0.4, -0.2) is 26.0 Å². The Labute approximate surface area is 197 Å². The molecule has 33 heavy (non-hydrogen) atoms. The zero-order valence-corrected chi connectivity index (χ0v) is 19.5. The van der Waals surface area contributed by atoms with Gasteiger partial charge in [-0.1, -0.05) is 29.8 Å². The largest absolute Gasteiger partial charge is 0.493 e. The summed E-state index contributed by atoms with van der Waals surface area (Å²) in [6, 6.07) is 17.5. The topological polar surface area (TPSA) is 67.9 Å². The number of rotatable bonds is 6. The Kier molecular flexibility index (Phi) is 6.11. The van der Waals surface area contributed by atoms with Crippen LogP contribution in [0.15, 0.2) is 66.4 Å². The molecule has 0 radical (unpaired) electrons. The normalized spacial score (nSPS) is 13.5. The van der Waals surface area contributed by atoms with Crippen molar-refractivity contribution in [1.82, 2.24) is 0 Å². The van der Waals surface area contributed by atoms with Crippen molar-refractivity contribution in [3.8, 4) is 11.5 Å². The quantitative estimate of drug-likeness (QED) is 0.499. The second-order valence-electron chi connectivity index (χ2n) is 7.67. The Bertz CT molecular complexity index is 1280. The van der Waals surface area contributed by atoms with Crippen molar-refractivity contribution in [1.29, 1.82) is 0 Å². The Morgan fingerprint density at radius 2 is 1.48 bits per heavy atom. The second-order valence-corrected chi connectivity index (χ2v) is 8.10. The zero-order chi connectivity index (χ0) is 23.7. The lowest BCUT2D eigenvalue weighted by molar-refractivity contribution is -0.120. The first-order valence-electron chi connectivity index (χ1n) is 10.3. The van der Waals surface area contributed by atoms with Crippen molar-refractivity contribution in [2.45, 2.75) is 13.8 Å².